The van der Waals surface area contributed by atoms with Crippen molar-refractivity contribution in [2.24, 2.45) is 10.2 Å². The maximum atomic E-state index is 11.5. The van der Waals surface area contributed by atoms with Crippen LogP contribution in [0.2, 0.25) is 0 Å². The summed E-state index contributed by atoms with van der Waals surface area (Å²) in [5, 5.41) is 10.4. The Hall–Kier alpha value is -1.78. The maximum Gasteiger partial charge on any atom is 0.225 e. The van der Waals surface area contributed by atoms with Gasteiger partial charge >= 0.3 is 0 Å². The van der Waals surface area contributed by atoms with E-state index in [2.05, 4.69) is 20.5 Å². The number of hydrogen-bond donors (Lipinski definition) is 1. The number of amides is 1. The lowest BCUT2D eigenvalue weighted by Crippen LogP contribution is -2.15. The number of carbonyl (C=O) groups is 1. The zero-order valence-corrected chi connectivity index (χ0v) is 8.47. The molecule has 78 valence electrons. The lowest BCUT2D eigenvalue weighted by molar-refractivity contribution is -0.116. The van der Waals surface area contributed by atoms with Gasteiger partial charge in [-0.25, -0.2) is 4.98 Å². The third-order valence-corrected chi connectivity index (χ3v) is 2.20. The Morgan fingerprint density at radius 1 is 1.47 bits per heavy atom. The minimum absolute atomic E-state index is 0.0489. The quantitative estimate of drug-likeness (QED) is 0.814. The van der Waals surface area contributed by atoms with E-state index >= 15 is 0 Å². The number of rotatable bonds is 4. The first-order chi connectivity index (χ1) is 7.18. The zero-order valence-electron chi connectivity index (χ0n) is 8.47. The van der Waals surface area contributed by atoms with E-state index in [-0.39, 0.29) is 11.6 Å². The number of pyridine rings is 1. The summed E-state index contributed by atoms with van der Waals surface area (Å²) in [6.45, 7) is 1.90. The molecule has 0 fully saturated rings. The number of hydrogen-bond acceptors (Lipinski definition) is 4. The second-order valence-electron chi connectivity index (χ2n) is 3.68. The first kappa shape index (κ1) is 9.76. The third-order valence-electron chi connectivity index (χ3n) is 2.20. The molecule has 0 bridgehead atoms. The molecule has 15 heavy (non-hydrogen) atoms. The Bertz CT molecular complexity index is 382. The molecule has 0 unspecified atom stereocenters. The van der Waals surface area contributed by atoms with Crippen LogP contribution in [0.3, 0.4) is 0 Å². The molecule has 0 spiro atoms. The van der Waals surface area contributed by atoms with Crippen molar-refractivity contribution in [3.63, 3.8) is 0 Å². The van der Waals surface area contributed by atoms with Crippen LogP contribution in [0.4, 0.5) is 5.82 Å². The van der Waals surface area contributed by atoms with Gasteiger partial charge in [-0.3, -0.25) is 4.79 Å². The summed E-state index contributed by atoms with van der Waals surface area (Å²) in [7, 11) is 0. The van der Waals surface area contributed by atoms with E-state index in [9.17, 15) is 4.79 Å². The minimum Gasteiger partial charge on any atom is -0.311 e. The van der Waals surface area contributed by atoms with Crippen LogP contribution in [0.25, 0.3) is 0 Å². The van der Waals surface area contributed by atoms with Crippen LogP contribution in [-0.4, -0.2) is 16.6 Å². The molecule has 5 heteroatoms. The van der Waals surface area contributed by atoms with Crippen molar-refractivity contribution in [3.8, 4) is 0 Å². The molecule has 1 aliphatic rings. The number of carbonyl (C=O) groups excluding carboxylic acids is 1. The van der Waals surface area contributed by atoms with Crippen LogP contribution < -0.4 is 5.32 Å². The highest BCUT2D eigenvalue weighted by molar-refractivity contribution is 5.89. The van der Waals surface area contributed by atoms with Crippen LogP contribution in [0, 0.1) is 0 Å². The van der Waals surface area contributed by atoms with Crippen molar-refractivity contribution in [3.05, 3.63) is 24.4 Å². The van der Waals surface area contributed by atoms with Crippen LogP contribution in [0.15, 0.2) is 34.6 Å². The second-order valence-corrected chi connectivity index (χ2v) is 3.68. The maximum absolute atomic E-state index is 11.5. The molecule has 0 saturated heterocycles. The average Bonchev–Trinajstić information content (AvgIpc) is 2.96. The molecule has 2 rings (SSSR count). The van der Waals surface area contributed by atoms with Crippen molar-refractivity contribution < 1.29 is 4.79 Å². The van der Waals surface area contributed by atoms with Crippen molar-refractivity contribution in [2.45, 2.75) is 25.4 Å². The molecule has 5 nitrogen and oxygen atoms in total. The number of nitrogens with one attached hydrogen (secondary N) is 1. The van der Waals surface area contributed by atoms with Gasteiger partial charge in [0.15, 0.2) is 5.66 Å². The molecule has 1 amide bonds. The van der Waals surface area contributed by atoms with Crippen molar-refractivity contribution >= 4 is 11.7 Å². The molecule has 0 aromatic carbocycles. The molecule has 1 aromatic rings. The van der Waals surface area contributed by atoms with Gasteiger partial charge in [0.25, 0.3) is 0 Å². The topological polar surface area (TPSA) is 66.7 Å². The summed E-state index contributed by atoms with van der Waals surface area (Å²) >= 11 is 0. The number of anilines is 1. The summed E-state index contributed by atoms with van der Waals surface area (Å²) in [5.74, 6) is 0.532. The summed E-state index contributed by atoms with van der Waals surface area (Å²) in [6.07, 6.45) is 2.72. The standard InChI is InChI=1S/C10H12N4O/c1-10(13-14-10)6-5-9(15)12-8-4-2-3-7-11-8/h2-4,7H,5-6H2,1H3,(H,11,12,15). The van der Waals surface area contributed by atoms with E-state index < -0.39 is 0 Å². The van der Waals surface area contributed by atoms with Crippen molar-refractivity contribution in [2.75, 3.05) is 5.32 Å². The van der Waals surface area contributed by atoms with Gasteiger partial charge in [0.1, 0.15) is 5.82 Å². The van der Waals surface area contributed by atoms with Gasteiger partial charge in [0.2, 0.25) is 5.91 Å². The minimum atomic E-state index is -0.304. The van der Waals surface area contributed by atoms with Gasteiger partial charge in [-0.2, -0.15) is 10.2 Å². The molecule has 1 aromatic heterocycles. The molecule has 1 aliphatic heterocycles. The van der Waals surface area contributed by atoms with Gasteiger partial charge in [-0.1, -0.05) is 6.07 Å². The molecule has 0 atom stereocenters. The monoisotopic (exact) mass is 204 g/mol. The van der Waals surface area contributed by atoms with Crippen LogP contribution in [0.5, 0.6) is 0 Å². The van der Waals surface area contributed by atoms with Gasteiger partial charge in [0, 0.05) is 19.0 Å². The fourth-order valence-electron chi connectivity index (χ4n) is 1.18. The fraction of sp³-hybridized carbons (Fsp3) is 0.400. The summed E-state index contributed by atoms with van der Waals surface area (Å²) < 4.78 is 0. The summed E-state index contributed by atoms with van der Waals surface area (Å²) in [5.41, 5.74) is -0.304. The van der Waals surface area contributed by atoms with Gasteiger partial charge < -0.3 is 5.32 Å². The van der Waals surface area contributed by atoms with E-state index in [1.54, 1.807) is 18.3 Å². The highest BCUT2D eigenvalue weighted by atomic mass is 16.1. The van der Waals surface area contributed by atoms with Gasteiger partial charge in [-0.15, -0.1) is 0 Å². The van der Waals surface area contributed by atoms with E-state index in [1.807, 2.05) is 13.0 Å². The smallest absolute Gasteiger partial charge is 0.225 e. The Balaban J connectivity index is 1.77. The Morgan fingerprint density at radius 2 is 2.27 bits per heavy atom. The predicted octanol–water partition coefficient (Wildman–Crippen LogP) is 1.98. The summed E-state index contributed by atoms with van der Waals surface area (Å²) in [6, 6.07) is 5.39. The van der Waals surface area contributed by atoms with E-state index in [1.165, 1.54) is 0 Å². The summed E-state index contributed by atoms with van der Waals surface area (Å²) in [4.78, 5) is 15.5. The SMILES string of the molecule is CC1(CCC(=O)Nc2ccccn2)N=N1. The van der Waals surface area contributed by atoms with Gasteiger partial charge in [0.05, 0.1) is 0 Å². The van der Waals surface area contributed by atoms with Crippen molar-refractivity contribution in [1.29, 1.82) is 0 Å². The number of nitrogens with zero attached hydrogens (tertiary/aromatic N) is 3. The highest BCUT2D eigenvalue weighted by Crippen LogP contribution is 2.31. The molecular formula is C10H12N4O. The highest BCUT2D eigenvalue weighted by Gasteiger charge is 2.33. The Kier molecular flexibility index (Phi) is 2.45. The lowest BCUT2D eigenvalue weighted by Gasteiger charge is -2.04. The van der Waals surface area contributed by atoms with Crippen LogP contribution >= 0.6 is 0 Å². The lowest BCUT2D eigenvalue weighted by atomic mass is 10.1. The van der Waals surface area contributed by atoms with Crippen molar-refractivity contribution in [1.82, 2.24) is 4.98 Å². The molecule has 0 aliphatic carbocycles. The zero-order chi connectivity index (χ0) is 10.7. The largest absolute Gasteiger partial charge is 0.311 e. The average molecular weight is 204 g/mol. The first-order valence-electron chi connectivity index (χ1n) is 4.83. The van der Waals surface area contributed by atoms with Crippen LogP contribution in [0.1, 0.15) is 19.8 Å². The molecule has 0 saturated carbocycles. The first-order valence-corrected chi connectivity index (χ1v) is 4.83. The molecule has 0 radical (unpaired) electrons. The Labute approximate surface area is 87.6 Å². The van der Waals surface area contributed by atoms with E-state index in [4.69, 9.17) is 0 Å². The fourth-order valence-corrected chi connectivity index (χ4v) is 1.18. The van der Waals surface area contributed by atoms with E-state index in [0.717, 1.165) is 0 Å². The third kappa shape index (κ3) is 2.83. The predicted molar refractivity (Wildman–Crippen MR) is 55.4 cm³/mol. The van der Waals surface area contributed by atoms with Crippen LogP contribution in [-0.2, 0) is 4.79 Å². The molecule has 1 N–H and O–H groups in total. The Morgan fingerprint density at radius 3 is 2.87 bits per heavy atom. The van der Waals surface area contributed by atoms with Gasteiger partial charge in [-0.05, 0) is 19.1 Å². The molecular weight excluding hydrogens is 192 g/mol. The second kappa shape index (κ2) is 3.76. The van der Waals surface area contributed by atoms with E-state index in [0.29, 0.717) is 18.7 Å². The molecule has 2 heterocycles. The normalized spacial score (nSPS) is 16.1. The number of aromatic nitrogens is 1.